The van der Waals surface area contributed by atoms with Crippen LogP contribution in [0.1, 0.15) is 35.4 Å². The number of rotatable bonds is 2. The average molecular weight is 415 g/mol. The van der Waals surface area contributed by atoms with Gasteiger partial charge in [0.05, 0.1) is 16.3 Å². The maximum Gasteiger partial charge on any atom is 0.417 e. The van der Waals surface area contributed by atoms with Crippen molar-refractivity contribution in [2.45, 2.75) is 31.4 Å². The standard InChI is InChI=1S/C19H15ClF4N2O2/c20-13-6-15(14(21)5-12(13)19(22,23)24)26-18(28)17-8-1-2-10(17)11-7-25-16(27)4-9(11)3-8/h4-8,10,17H,1-3H2,(H,25,27)(H,26,28)/t8-,10-,17?/m0/s1. The number of aromatic nitrogens is 1. The van der Waals surface area contributed by atoms with Crippen LogP contribution in [0.4, 0.5) is 23.2 Å². The van der Waals surface area contributed by atoms with E-state index in [0.717, 1.165) is 30.0 Å². The van der Waals surface area contributed by atoms with E-state index < -0.39 is 34.4 Å². The lowest BCUT2D eigenvalue weighted by Gasteiger charge is -2.31. The number of amides is 1. The molecule has 1 amide bonds. The van der Waals surface area contributed by atoms with Crippen LogP contribution in [0.5, 0.6) is 0 Å². The molecule has 1 heterocycles. The molecule has 2 aromatic rings. The Morgan fingerprint density at radius 3 is 2.68 bits per heavy atom. The second kappa shape index (κ2) is 6.62. The molecular formula is C19H15ClF4N2O2. The number of halogens is 5. The first-order chi connectivity index (χ1) is 13.1. The summed E-state index contributed by atoms with van der Waals surface area (Å²) in [5, 5.41) is 1.72. The third-order valence-electron chi connectivity index (χ3n) is 5.64. The largest absolute Gasteiger partial charge is 0.417 e. The first-order valence-electron chi connectivity index (χ1n) is 8.73. The summed E-state index contributed by atoms with van der Waals surface area (Å²) in [6, 6.07) is 2.60. The van der Waals surface area contributed by atoms with Crippen LogP contribution in [0.2, 0.25) is 5.02 Å². The van der Waals surface area contributed by atoms with Crippen LogP contribution in [0.3, 0.4) is 0 Å². The minimum Gasteiger partial charge on any atom is -0.329 e. The molecule has 1 fully saturated rings. The summed E-state index contributed by atoms with van der Waals surface area (Å²) in [5.74, 6) is -2.23. The topological polar surface area (TPSA) is 62.0 Å². The molecule has 1 unspecified atom stereocenters. The minimum absolute atomic E-state index is 0.00715. The predicted octanol–water partition coefficient (Wildman–Crippen LogP) is 4.49. The van der Waals surface area contributed by atoms with Crippen LogP contribution in [0.15, 0.2) is 29.2 Å². The van der Waals surface area contributed by atoms with Gasteiger partial charge in [-0.15, -0.1) is 0 Å². The van der Waals surface area contributed by atoms with Crippen molar-refractivity contribution >= 4 is 23.2 Å². The molecule has 1 aromatic carbocycles. The number of benzene rings is 1. The smallest absolute Gasteiger partial charge is 0.329 e. The van der Waals surface area contributed by atoms with E-state index >= 15 is 0 Å². The van der Waals surface area contributed by atoms with E-state index in [4.69, 9.17) is 11.6 Å². The van der Waals surface area contributed by atoms with Crippen molar-refractivity contribution in [3.05, 3.63) is 62.3 Å². The van der Waals surface area contributed by atoms with Gasteiger partial charge in [0.25, 0.3) is 0 Å². The van der Waals surface area contributed by atoms with Gasteiger partial charge in [0.1, 0.15) is 5.82 Å². The van der Waals surface area contributed by atoms with Gasteiger partial charge in [-0.2, -0.15) is 13.2 Å². The van der Waals surface area contributed by atoms with Crippen LogP contribution >= 0.6 is 11.6 Å². The monoisotopic (exact) mass is 414 g/mol. The van der Waals surface area contributed by atoms with Crippen molar-refractivity contribution in [1.29, 1.82) is 0 Å². The van der Waals surface area contributed by atoms with E-state index in [1.807, 2.05) is 0 Å². The SMILES string of the molecule is O=C(Nc1cc(Cl)c(C(F)(F)F)cc1F)C1[C@H]2CC[C@H]1c1c[nH]c(=O)cc1C2. The first kappa shape index (κ1) is 19.0. The molecule has 148 valence electrons. The quantitative estimate of drug-likeness (QED) is 0.711. The summed E-state index contributed by atoms with van der Waals surface area (Å²) in [6.07, 6.45) is -1.09. The van der Waals surface area contributed by atoms with E-state index in [0.29, 0.717) is 6.42 Å². The zero-order chi connectivity index (χ0) is 20.2. The highest BCUT2D eigenvalue weighted by molar-refractivity contribution is 6.31. The Morgan fingerprint density at radius 1 is 1.21 bits per heavy atom. The molecule has 1 saturated carbocycles. The number of aromatic amines is 1. The molecule has 2 bridgehead atoms. The zero-order valence-corrected chi connectivity index (χ0v) is 15.1. The normalized spacial score (nSPS) is 23.4. The number of pyridine rings is 1. The van der Waals surface area contributed by atoms with E-state index in [1.54, 1.807) is 6.20 Å². The average Bonchev–Trinajstić information content (AvgIpc) is 2.92. The lowest BCUT2D eigenvalue weighted by atomic mass is 9.75. The lowest BCUT2D eigenvalue weighted by molar-refractivity contribution is -0.137. The third kappa shape index (κ3) is 3.19. The van der Waals surface area contributed by atoms with Crippen LogP contribution < -0.4 is 10.9 Å². The molecule has 0 saturated heterocycles. The number of nitrogens with one attached hydrogen (secondary N) is 2. The van der Waals surface area contributed by atoms with Gasteiger partial charge >= 0.3 is 6.18 Å². The van der Waals surface area contributed by atoms with Gasteiger partial charge in [-0.05, 0) is 54.4 Å². The fourth-order valence-electron chi connectivity index (χ4n) is 4.46. The Morgan fingerprint density at radius 2 is 1.96 bits per heavy atom. The van der Waals surface area contributed by atoms with Crippen LogP contribution in [-0.4, -0.2) is 10.9 Å². The van der Waals surface area contributed by atoms with E-state index in [9.17, 15) is 27.2 Å². The number of fused-ring (bicyclic) bond motifs is 4. The second-order valence-corrected chi connectivity index (χ2v) is 7.66. The Bertz CT molecular complexity index is 1020. The van der Waals surface area contributed by atoms with E-state index in [1.165, 1.54) is 6.07 Å². The molecule has 2 aliphatic carbocycles. The number of alkyl halides is 3. The fourth-order valence-corrected chi connectivity index (χ4v) is 4.73. The van der Waals surface area contributed by atoms with Gasteiger partial charge in [-0.1, -0.05) is 11.6 Å². The highest BCUT2D eigenvalue weighted by atomic mass is 35.5. The molecule has 0 radical (unpaired) electrons. The van der Waals surface area contributed by atoms with Gasteiger partial charge in [-0.3, -0.25) is 9.59 Å². The number of carbonyl (C=O) groups excluding carboxylic acids is 1. The molecule has 2 aliphatic rings. The molecule has 4 rings (SSSR count). The molecular weight excluding hydrogens is 400 g/mol. The lowest BCUT2D eigenvalue weighted by Crippen LogP contribution is -2.34. The predicted molar refractivity (Wildman–Crippen MR) is 94.8 cm³/mol. The van der Waals surface area contributed by atoms with Crippen molar-refractivity contribution < 1.29 is 22.4 Å². The first-order valence-corrected chi connectivity index (χ1v) is 9.11. The van der Waals surface area contributed by atoms with Crippen molar-refractivity contribution in [1.82, 2.24) is 4.98 Å². The maximum absolute atomic E-state index is 14.2. The van der Waals surface area contributed by atoms with Crippen LogP contribution in [0, 0.1) is 17.7 Å². The van der Waals surface area contributed by atoms with Gasteiger partial charge in [0.15, 0.2) is 0 Å². The molecule has 0 spiro atoms. The molecule has 28 heavy (non-hydrogen) atoms. The van der Waals surface area contributed by atoms with Crippen molar-refractivity contribution in [2.24, 2.45) is 11.8 Å². The zero-order valence-electron chi connectivity index (χ0n) is 14.4. The summed E-state index contributed by atoms with van der Waals surface area (Å²) in [5.41, 5.74) is -0.0825. The number of hydrogen-bond donors (Lipinski definition) is 2. The molecule has 3 atom stereocenters. The van der Waals surface area contributed by atoms with Crippen molar-refractivity contribution in [3.63, 3.8) is 0 Å². The Labute approximate surface area is 161 Å². The molecule has 1 aromatic heterocycles. The molecule has 2 N–H and O–H groups in total. The Hall–Kier alpha value is -2.35. The Kier molecular flexibility index (Phi) is 4.49. The number of anilines is 1. The second-order valence-electron chi connectivity index (χ2n) is 7.25. The van der Waals surface area contributed by atoms with Crippen molar-refractivity contribution in [3.8, 4) is 0 Å². The summed E-state index contributed by atoms with van der Waals surface area (Å²) in [4.78, 5) is 27.0. The van der Waals surface area contributed by atoms with Gasteiger partial charge in [-0.25, -0.2) is 4.39 Å². The summed E-state index contributed by atoms with van der Waals surface area (Å²) in [7, 11) is 0. The van der Waals surface area contributed by atoms with E-state index in [-0.39, 0.29) is 29.1 Å². The molecule has 0 aliphatic heterocycles. The van der Waals surface area contributed by atoms with Gasteiger partial charge in [0.2, 0.25) is 11.5 Å². The summed E-state index contributed by atoms with van der Waals surface area (Å²) < 4.78 is 52.7. The fraction of sp³-hybridized carbons (Fsp3) is 0.368. The van der Waals surface area contributed by atoms with E-state index in [2.05, 4.69) is 10.3 Å². The number of H-pyrrole nitrogens is 1. The summed E-state index contributed by atoms with van der Waals surface area (Å²) in [6.45, 7) is 0. The van der Waals surface area contributed by atoms with Gasteiger partial charge < -0.3 is 10.3 Å². The minimum atomic E-state index is -4.79. The van der Waals surface area contributed by atoms with Gasteiger partial charge in [0, 0.05) is 18.2 Å². The highest BCUT2D eigenvalue weighted by Crippen LogP contribution is 2.50. The molecule has 9 heteroatoms. The van der Waals surface area contributed by atoms with Crippen molar-refractivity contribution in [2.75, 3.05) is 5.32 Å². The molecule has 4 nitrogen and oxygen atoms in total. The Balaban J connectivity index is 1.61. The number of carbonyl (C=O) groups is 1. The maximum atomic E-state index is 14.2. The summed E-state index contributed by atoms with van der Waals surface area (Å²) >= 11 is 5.63. The van der Waals surface area contributed by atoms with Crippen LogP contribution in [-0.2, 0) is 17.4 Å². The van der Waals surface area contributed by atoms with Crippen LogP contribution in [0.25, 0.3) is 0 Å². The third-order valence-corrected chi connectivity index (χ3v) is 5.95. The number of hydrogen-bond acceptors (Lipinski definition) is 2. The highest BCUT2D eigenvalue weighted by Gasteiger charge is 2.46.